The SMILES string of the molecule is c1ccc(-n2c3ccccc3c3c4ccccc4n(-c4ccc5c(ccc6ccc(-n7c8ccccc8c8c9ccccc9n(-c9ccccc9)c87)cc65)c4)c32)cc1. The highest BCUT2D eigenvalue weighted by Gasteiger charge is 2.24. The van der Waals surface area contributed by atoms with Gasteiger partial charge in [-0.15, -0.1) is 0 Å². The Balaban J connectivity index is 1.07. The number of hydrogen-bond acceptors (Lipinski definition) is 0. The smallest absolute Gasteiger partial charge is 0.131 e. The van der Waals surface area contributed by atoms with Gasteiger partial charge in [0, 0.05) is 55.1 Å². The molecule has 0 saturated heterocycles. The van der Waals surface area contributed by atoms with E-state index in [0.717, 1.165) is 22.7 Å². The molecule has 0 radical (unpaired) electrons. The molecule has 13 rings (SSSR count). The zero-order chi connectivity index (χ0) is 37.9. The molecule has 9 aromatic carbocycles. The van der Waals surface area contributed by atoms with E-state index in [4.69, 9.17) is 0 Å². The molecular formula is C54H34N4. The van der Waals surface area contributed by atoms with Crippen molar-refractivity contribution in [1.29, 1.82) is 0 Å². The molecule has 0 fully saturated rings. The second-order valence-corrected chi connectivity index (χ2v) is 15.4. The van der Waals surface area contributed by atoms with Crippen molar-refractivity contribution < 1.29 is 0 Å². The molecule has 4 heterocycles. The summed E-state index contributed by atoms with van der Waals surface area (Å²) in [6.07, 6.45) is 0. The molecule has 58 heavy (non-hydrogen) atoms. The minimum Gasteiger partial charge on any atom is -0.295 e. The van der Waals surface area contributed by atoms with Gasteiger partial charge in [-0.3, -0.25) is 18.3 Å². The van der Waals surface area contributed by atoms with E-state index in [1.165, 1.54) is 87.2 Å². The summed E-state index contributed by atoms with van der Waals surface area (Å²) in [6, 6.07) is 75.4. The topological polar surface area (TPSA) is 19.7 Å². The van der Waals surface area contributed by atoms with Crippen LogP contribution >= 0.6 is 0 Å². The first-order valence-corrected chi connectivity index (χ1v) is 20.0. The number of para-hydroxylation sites is 6. The van der Waals surface area contributed by atoms with E-state index in [1.54, 1.807) is 0 Å². The van der Waals surface area contributed by atoms with E-state index in [0.29, 0.717) is 0 Å². The lowest BCUT2D eigenvalue weighted by Crippen LogP contribution is -2.02. The molecule has 0 amide bonds. The highest BCUT2D eigenvalue weighted by Crippen LogP contribution is 2.43. The van der Waals surface area contributed by atoms with Gasteiger partial charge in [0.05, 0.1) is 22.1 Å². The largest absolute Gasteiger partial charge is 0.295 e. The highest BCUT2D eigenvalue weighted by molar-refractivity contribution is 6.24. The second kappa shape index (κ2) is 11.8. The normalized spacial score (nSPS) is 12.1. The summed E-state index contributed by atoms with van der Waals surface area (Å²) >= 11 is 0. The van der Waals surface area contributed by atoms with Gasteiger partial charge < -0.3 is 0 Å². The molecule has 0 bridgehead atoms. The number of rotatable bonds is 4. The average Bonchev–Trinajstić information content (AvgIpc) is 4.01. The summed E-state index contributed by atoms with van der Waals surface area (Å²) in [5, 5.41) is 12.5. The zero-order valence-electron chi connectivity index (χ0n) is 31.4. The van der Waals surface area contributed by atoms with E-state index in [2.05, 4.69) is 225 Å². The number of benzene rings is 9. The van der Waals surface area contributed by atoms with Crippen molar-refractivity contribution in [1.82, 2.24) is 18.3 Å². The van der Waals surface area contributed by atoms with Crippen molar-refractivity contribution in [3.8, 4) is 22.7 Å². The predicted molar refractivity (Wildman–Crippen MR) is 244 cm³/mol. The van der Waals surface area contributed by atoms with E-state index in [-0.39, 0.29) is 0 Å². The molecule has 0 unspecified atom stereocenters. The molecule has 0 atom stereocenters. The summed E-state index contributed by atoms with van der Waals surface area (Å²) in [5.74, 6) is 0. The van der Waals surface area contributed by atoms with Crippen LogP contribution in [-0.2, 0) is 0 Å². The molecule has 4 nitrogen and oxygen atoms in total. The predicted octanol–water partition coefficient (Wildman–Crippen LogP) is 14.1. The molecule has 0 aliphatic carbocycles. The Bertz CT molecular complexity index is 3780. The summed E-state index contributed by atoms with van der Waals surface area (Å²) in [6.45, 7) is 0. The first kappa shape index (κ1) is 31.4. The highest BCUT2D eigenvalue weighted by atomic mass is 15.1. The third-order valence-corrected chi connectivity index (χ3v) is 12.3. The molecule has 0 N–H and O–H groups in total. The summed E-state index contributed by atoms with van der Waals surface area (Å²) in [7, 11) is 0. The van der Waals surface area contributed by atoms with Gasteiger partial charge in [0.2, 0.25) is 0 Å². The van der Waals surface area contributed by atoms with Crippen LogP contribution in [0.15, 0.2) is 206 Å². The number of hydrogen-bond donors (Lipinski definition) is 0. The minimum atomic E-state index is 1.14. The molecule has 13 aromatic rings. The van der Waals surface area contributed by atoms with E-state index < -0.39 is 0 Å². The van der Waals surface area contributed by atoms with Crippen LogP contribution in [0.5, 0.6) is 0 Å². The van der Waals surface area contributed by atoms with Crippen molar-refractivity contribution in [2.45, 2.75) is 0 Å². The molecule has 4 heteroatoms. The van der Waals surface area contributed by atoms with Crippen molar-refractivity contribution in [2.75, 3.05) is 0 Å². The van der Waals surface area contributed by atoms with Gasteiger partial charge in [-0.1, -0.05) is 133 Å². The fourth-order valence-corrected chi connectivity index (χ4v) is 9.91. The fraction of sp³-hybridized carbons (Fsp3) is 0. The van der Waals surface area contributed by atoms with Crippen LogP contribution in [-0.4, -0.2) is 18.3 Å². The minimum absolute atomic E-state index is 1.14. The van der Waals surface area contributed by atoms with Crippen LogP contribution in [0.25, 0.3) is 110 Å². The lowest BCUT2D eigenvalue weighted by Gasteiger charge is -2.15. The molecule has 0 aliphatic rings. The lowest BCUT2D eigenvalue weighted by molar-refractivity contribution is 1.07. The van der Waals surface area contributed by atoms with E-state index in [9.17, 15) is 0 Å². The first-order valence-electron chi connectivity index (χ1n) is 20.0. The van der Waals surface area contributed by atoms with Gasteiger partial charge in [-0.25, -0.2) is 0 Å². The maximum atomic E-state index is 2.47. The van der Waals surface area contributed by atoms with Crippen LogP contribution < -0.4 is 0 Å². The molecule has 0 saturated carbocycles. The van der Waals surface area contributed by atoms with E-state index >= 15 is 0 Å². The second-order valence-electron chi connectivity index (χ2n) is 15.4. The van der Waals surface area contributed by atoms with Crippen LogP contribution in [0.4, 0.5) is 0 Å². The monoisotopic (exact) mass is 738 g/mol. The molecule has 270 valence electrons. The quantitative estimate of drug-likeness (QED) is 0.160. The lowest BCUT2D eigenvalue weighted by atomic mass is 10.0. The third-order valence-electron chi connectivity index (χ3n) is 12.3. The summed E-state index contributed by atoms with van der Waals surface area (Å²) in [4.78, 5) is 0. The maximum Gasteiger partial charge on any atom is 0.131 e. The van der Waals surface area contributed by atoms with Gasteiger partial charge >= 0.3 is 0 Å². The van der Waals surface area contributed by atoms with Crippen LogP contribution in [0.1, 0.15) is 0 Å². The first-order chi connectivity index (χ1) is 28.8. The van der Waals surface area contributed by atoms with Gasteiger partial charge in [0.15, 0.2) is 0 Å². The van der Waals surface area contributed by atoms with Gasteiger partial charge in [-0.2, -0.15) is 0 Å². The van der Waals surface area contributed by atoms with Crippen molar-refractivity contribution in [3.05, 3.63) is 206 Å². The number of aromatic nitrogens is 4. The van der Waals surface area contributed by atoms with Crippen molar-refractivity contribution in [2.24, 2.45) is 0 Å². The standard InChI is InChI=1S/C54H34N4/c1-3-15-37(16-4-1)55-47-23-11-7-19-42(47)51-44-21-9-13-25-49(44)57(53(51)55)39-31-32-41-36(33-39)28-27-35-29-30-40(34-46(35)41)58-50-26-14-10-22-45(50)52-43-20-8-12-24-48(43)56(54(52)58)38-17-5-2-6-18-38/h1-34H. The molecule has 4 aromatic heterocycles. The molecular weight excluding hydrogens is 705 g/mol. The summed E-state index contributed by atoms with van der Waals surface area (Å²) in [5.41, 5.74) is 11.7. The van der Waals surface area contributed by atoms with Gasteiger partial charge in [-0.05, 0) is 94.3 Å². The van der Waals surface area contributed by atoms with Crippen LogP contribution in [0.2, 0.25) is 0 Å². The average molecular weight is 739 g/mol. The van der Waals surface area contributed by atoms with Crippen molar-refractivity contribution >= 4 is 87.2 Å². The fourth-order valence-electron chi connectivity index (χ4n) is 9.91. The molecule has 0 aliphatic heterocycles. The Kier molecular flexibility index (Phi) is 6.41. The van der Waals surface area contributed by atoms with Gasteiger partial charge in [0.25, 0.3) is 0 Å². The summed E-state index contributed by atoms with van der Waals surface area (Å²) < 4.78 is 9.79. The maximum absolute atomic E-state index is 2.47. The Morgan fingerprint density at radius 2 is 0.586 bits per heavy atom. The van der Waals surface area contributed by atoms with Crippen LogP contribution in [0.3, 0.4) is 0 Å². The molecule has 0 spiro atoms. The third kappa shape index (κ3) is 4.23. The number of fused-ring (bicyclic) bond motifs is 13. The van der Waals surface area contributed by atoms with Gasteiger partial charge in [0.1, 0.15) is 11.3 Å². The Hall–Kier alpha value is -7.82. The number of nitrogens with zero attached hydrogens (tertiary/aromatic N) is 4. The Morgan fingerprint density at radius 1 is 0.224 bits per heavy atom. The van der Waals surface area contributed by atoms with Crippen molar-refractivity contribution in [3.63, 3.8) is 0 Å². The Morgan fingerprint density at radius 3 is 1.07 bits per heavy atom. The Labute approximate surface area is 333 Å². The zero-order valence-corrected chi connectivity index (χ0v) is 31.4. The van der Waals surface area contributed by atoms with Crippen LogP contribution in [0, 0.1) is 0 Å². The van der Waals surface area contributed by atoms with E-state index in [1.807, 2.05) is 0 Å².